The Balaban J connectivity index is 1.63. The van der Waals surface area contributed by atoms with Crippen LogP contribution in [0, 0.1) is 6.92 Å². The summed E-state index contributed by atoms with van der Waals surface area (Å²) in [4.78, 5) is 39.3. The van der Waals surface area contributed by atoms with E-state index in [0.29, 0.717) is 35.5 Å². The van der Waals surface area contributed by atoms with Crippen LogP contribution in [0.3, 0.4) is 0 Å². The zero-order valence-corrected chi connectivity index (χ0v) is 18.6. The van der Waals surface area contributed by atoms with E-state index in [2.05, 4.69) is 10.6 Å². The molecule has 0 radical (unpaired) electrons. The Bertz CT molecular complexity index is 1210. The molecule has 33 heavy (non-hydrogen) atoms. The van der Waals surface area contributed by atoms with Gasteiger partial charge >= 0.3 is 0 Å². The molecule has 4 rings (SSSR count). The maximum absolute atomic E-state index is 13.4. The van der Waals surface area contributed by atoms with E-state index in [4.69, 9.17) is 0 Å². The van der Waals surface area contributed by atoms with Crippen LogP contribution in [0.15, 0.2) is 84.6 Å². The summed E-state index contributed by atoms with van der Waals surface area (Å²) in [6, 6.07) is 24.3. The molecule has 0 aliphatic carbocycles. The van der Waals surface area contributed by atoms with E-state index in [1.54, 1.807) is 24.3 Å². The van der Waals surface area contributed by atoms with E-state index in [1.165, 1.54) is 11.8 Å². The number of benzene rings is 3. The predicted molar refractivity (Wildman–Crippen MR) is 129 cm³/mol. The number of carbonyl (C=O) groups excluding carboxylic acids is 3. The highest BCUT2D eigenvalue weighted by atomic mass is 16.2. The van der Waals surface area contributed by atoms with E-state index in [0.717, 1.165) is 11.1 Å². The number of imide groups is 1. The third-order valence-electron chi connectivity index (χ3n) is 5.45. The van der Waals surface area contributed by atoms with Gasteiger partial charge in [-0.2, -0.15) is 0 Å². The van der Waals surface area contributed by atoms with Gasteiger partial charge in [-0.3, -0.25) is 19.3 Å². The Labute approximate surface area is 192 Å². The van der Waals surface area contributed by atoms with Gasteiger partial charge in [0.2, 0.25) is 5.91 Å². The van der Waals surface area contributed by atoms with Crippen molar-refractivity contribution < 1.29 is 14.4 Å². The number of carbonyl (C=O) groups is 3. The number of nitrogens with one attached hydrogen (secondary N) is 2. The first-order valence-corrected chi connectivity index (χ1v) is 10.8. The largest absolute Gasteiger partial charge is 0.350 e. The van der Waals surface area contributed by atoms with E-state index in [-0.39, 0.29) is 23.4 Å². The summed E-state index contributed by atoms with van der Waals surface area (Å²) in [5.74, 6) is -0.819. The minimum Gasteiger partial charge on any atom is -0.350 e. The van der Waals surface area contributed by atoms with Crippen LogP contribution in [0.2, 0.25) is 0 Å². The second-order valence-corrected chi connectivity index (χ2v) is 8.00. The molecule has 1 heterocycles. The zero-order chi connectivity index (χ0) is 23.4. The lowest BCUT2D eigenvalue weighted by Gasteiger charge is -2.15. The second kappa shape index (κ2) is 9.53. The molecule has 0 saturated heterocycles. The van der Waals surface area contributed by atoms with E-state index in [9.17, 15) is 14.4 Å². The lowest BCUT2D eigenvalue weighted by atomic mass is 10.0. The topological polar surface area (TPSA) is 78.5 Å². The van der Waals surface area contributed by atoms with Gasteiger partial charge in [-0.1, -0.05) is 60.2 Å². The third kappa shape index (κ3) is 5.01. The third-order valence-corrected chi connectivity index (χ3v) is 5.45. The molecule has 1 aliphatic rings. The minimum absolute atomic E-state index is 0.161. The van der Waals surface area contributed by atoms with Gasteiger partial charge in [0, 0.05) is 24.8 Å². The summed E-state index contributed by atoms with van der Waals surface area (Å²) in [6.45, 7) is 3.71. The molecule has 166 valence electrons. The minimum atomic E-state index is -0.350. The summed E-state index contributed by atoms with van der Waals surface area (Å²) < 4.78 is 0. The normalized spacial score (nSPS) is 13.5. The van der Waals surface area contributed by atoms with Crippen LogP contribution in [-0.4, -0.2) is 29.2 Å². The molecule has 0 fully saturated rings. The fourth-order valence-electron chi connectivity index (χ4n) is 3.75. The van der Waals surface area contributed by atoms with Gasteiger partial charge < -0.3 is 10.6 Å². The van der Waals surface area contributed by atoms with E-state index < -0.39 is 0 Å². The van der Waals surface area contributed by atoms with Crippen molar-refractivity contribution in [3.63, 3.8) is 0 Å². The molecule has 6 nitrogen and oxygen atoms in total. The molecule has 1 aliphatic heterocycles. The van der Waals surface area contributed by atoms with Crippen molar-refractivity contribution in [2.75, 3.05) is 17.2 Å². The van der Waals surface area contributed by atoms with Gasteiger partial charge in [-0.15, -0.1) is 0 Å². The van der Waals surface area contributed by atoms with Crippen molar-refractivity contribution in [1.29, 1.82) is 0 Å². The van der Waals surface area contributed by atoms with Crippen molar-refractivity contribution >= 4 is 34.7 Å². The number of hydrogen-bond acceptors (Lipinski definition) is 4. The van der Waals surface area contributed by atoms with Gasteiger partial charge in [-0.25, -0.2) is 0 Å². The molecule has 0 saturated carbocycles. The Hall–Kier alpha value is -4.19. The Morgan fingerprint density at radius 3 is 2.09 bits per heavy atom. The highest BCUT2D eigenvalue weighted by Crippen LogP contribution is 2.31. The lowest BCUT2D eigenvalue weighted by Crippen LogP contribution is -2.34. The second-order valence-electron chi connectivity index (χ2n) is 8.00. The Morgan fingerprint density at radius 1 is 0.818 bits per heavy atom. The molecule has 0 unspecified atom stereocenters. The SMILES string of the molecule is CC(=O)Nc1ccc(NC2=C(c3ccc(C)cc3)C(=O)N(CCc3ccccc3)C2=O)cc1. The van der Waals surface area contributed by atoms with Gasteiger partial charge in [0.1, 0.15) is 5.70 Å². The smallest absolute Gasteiger partial charge is 0.278 e. The van der Waals surface area contributed by atoms with Crippen molar-refractivity contribution in [1.82, 2.24) is 4.90 Å². The Kier molecular flexibility index (Phi) is 6.36. The lowest BCUT2D eigenvalue weighted by molar-refractivity contribution is -0.136. The number of hydrogen-bond donors (Lipinski definition) is 2. The summed E-state index contributed by atoms with van der Waals surface area (Å²) in [5.41, 5.74) is 4.74. The predicted octanol–water partition coefficient (Wildman–Crippen LogP) is 4.39. The van der Waals surface area contributed by atoms with Gasteiger partial charge in [0.05, 0.1) is 5.57 Å². The monoisotopic (exact) mass is 439 g/mol. The van der Waals surface area contributed by atoms with Crippen LogP contribution in [0.4, 0.5) is 11.4 Å². The van der Waals surface area contributed by atoms with Gasteiger partial charge in [-0.05, 0) is 48.7 Å². The quantitative estimate of drug-likeness (QED) is 0.535. The van der Waals surface area contributed by atoms with Gasteiger partial charge in [0.25, 0.3) is 11.8 Å². The van der Waals surface area contributed by atoms with Crippen LogP contribution in [0.1, 0.15) is 23.6 Å². The molecule has 6 heteroatoms. The average Bonchev–Trinajstić information content (AvgIpc) is 3.03. The van der Waals surface area contributed by atoms with E-state index >= 15 is 0 Å². The molecule has 0 aromatic heterocycles. The first-order valence-electron chi connectivity index (χ1n) is 10.8. The average molecular weight is 440 g/mol. The summed E-state index contributed by atoms with van der Waals surface area (Å²) in [5, 5.41) is 5.86. The molecule has 0 spiro atoms. The van der Waals surface area contributed by atoms with Crippen LogP contribution in [-0.2, 0) is 20.8 Å². The van der Waals surface area contributed by atoms with Crippen LogP contribution < -0.4 is 10.6 Å². The fourth-order valence-corrected chi connectivity index (χ4v) is 3.75. The molecule has 3 aromatic carbocycles. The van der Waals surface area contributed by atoms with Gasteiger partial charge in [0.15, 0.2) is 0 Å². The highest BCUT2D eigenvalue weighted by molar-refractivity contribution is 6.36. The number of rotatable bonds is 7. The standard InChI is InChI=1S/C27H25N3O3/c1-18-8-10-21(11-9-18)24-25(29-23-14-12-22(13-15-23)28-19(2)31)27(33)30(26(24)32)17-16-20-6-4-3-5-7-20/h3-15,29H,16-17H2,1-2H3,(H,28,31). The summed E-state index contributed by atoms with van der Waals surface area (Å²) in [7, 11) is 0. The number of aryl methyl sites for hydroxylation is 1. The zero-order valence-electron chi connectivity index (χ0n) is 18.6. The van der Waals surface area contributed by atoms with E-state index in [1.807, 2.05) is 61.5 Å². The summed E-state index contributed by atoms with van der Waals surface area (Å²) >= 11 is 0. The molecule has 2 N–H and O–H groups in total. The van der Waals surface area contributed by atoms with Crippen LogP contribution in [0.25, 0.3) is 5.57 Å². The number of amides is 3. The molecule has 3 aromatic rings. The van der Waals surface area contributed by atoms with Crippen LogP contribution in [0.5, 0.6) is 0 Å². The van der Waals surface area contributed by atoms with Crippen molar-refractivity contribution in [2.24, 2.45) is 0 Å². The number of anilines is 2. The molecule has 0 atom stereocenters. The van der Waals surface area contributed by atoms with Crippen molar-refractivity contribution in [3.8, 4) is 0 Å². The molecule has 3 amide bonds. The molecule has 0 bridgehead atoms. The molecular weight excluding hydrogens is 414 g/mol. The number of nitrogens with zero attached hydrogens (tertiary/aromatic N) is 1. The fraction of sp³-hybridized carbons (Fsp3) is 0.148. The maximum atomic E-state index is 13.4. The first kappa shape index (κ1) is 22.0. The van der Waals surface area contributed by atoms with Crippen LogP contribution >= 0.6 is 0 Å². The van der Waals surface area contributed by atoms with Crippen molar-refractivity contribution in [3.05, 3.63) is 101 Å². The first-order chi connectivity index (χ1) is 15.9. The van der Waals surface area contributed by atoms with Crippen molar-refractivity contribution in [2.45, 2.75) is 20.3 Å². The highest BCUT2D eigenvalue weighted by Gasteiger charge is 2.38. The maximum Gasteiger partial charge on any atom is 0.278 e. The Morgan fingerprint density at radius 2 is 1.45 bits per heavy atom. The summed E-state index contributed by atoms with van der Waals surface area (Å²) in [6.07, 6.45) is 0.582. The molecular formula is C27H25N3O3.